The number of amides is 1. The number of nitrogens with zero attached hydrogens (tertiary/aromatic N) is 3. The molecule has 0 spiro atoms. The predicted octanol–water partition coefficient (Wildman–Crippen LogP) is 2.64. The molecular formula is C19H21FN4O. The molecule has 0 radical (unpaired) electrons. The zero-order valence-corrected chi connectivity index (χ0v) is 14.0. The lowest BCUT2D eigenvalue weighted by molar-refractivity contribution is -0.126. The summed E-state index contributed by atoms with van der Waals surface area (Å²) < 4.78 is 13.5. The zero-order valence-electron chi connectivity index (χ0n) is 14.0. The second-order valence-corrected chi connectivity index (χ2v) is 6.77. The van der Waals surface area contributed by atoms with Gasteiger partial charge in [-0.2, -0.15) is 0 Å². The van der Waals surface area contributed by atoms with Crippen molar-refractivity contribution >= 4 is 11.7 Å². The summed E-state index contributed by atoms with van der Waals surface area (Å²) in [4.78, 5) is 23.2. The number of rotatable bonds is 3. The number of aromatic nitrogens is 2. The fourth-order valence-corrected chi connectivity index (χ4v) is 3.84. The van der Waals surface area contributed by atoms with E-state index in [1.807, 2.05) is 6.07 Å². The van der Waals surface area contributed by atoms with Crippen LogP contribution in [0.1, 0.15) is 36.4 Å². The van der Waals surface area contributed by atoms with Gasteiger partial charge in [0, 0.05) is 31.4 Å². The highest BCUT2D eigenvalue weighted by Gasteiger charge is 2.30. The van der Waals surface area contributed by atoms with E-state index < -0.39 is 0 Å². The normalized spacial score (nSPS) is 20.4. The van der Waals surface area contributed by atoms with Crippen LogP contribution in [0.3, 0.4) is 0 Å². The highest BCUT2D eigenvalue weighted by molar-refractivity contribution is 5.79. The maximum atomic E-state index is 13.5. The SMILES string of the molecule is O=C(N[C@H]1CCc2ccc(F)cc21)C1CCN(c2cnccn2)CC1. The molecular weight excluding hydrogens is 319 g/mol. The van der Waals surface area contributed by atoms with Gasteiger partial charge in [0.15, 0.2) is 0 Å². The molecule has 6 heteroatoms. The number of carbonyl (C=O) groups excluding carboxylic acids is 1. The topological polar surface area (TPSA) is 58.1 Å². The third-order valence-electron chi connectivity index (χ3n) is 5.24. The van der Waals surface area contributed by atoms with Gasteiger partial charge in [-0.3, -0.25) is 9.78 Å². The summed E-state index contributed by atoms with van der Waals surface area (Å²) in [7, 11) is 0. The summed E-state index contributed by atoms with van der Waals surface area (Å²) in [6, 6.07) is 4.82. The van der Waals surface area contributed by atoms with Crippen LogP contribution in [-0.4, -0.2) is 29.0 Å². The van der Waals surface area contributed by atoms with Crippen LogP contribution in [0.5, 0.6) is 0 Å². The van der Waals surface area contributed by atoms with Crippen molar-refractivity contribution in [2.45, 2.75) is 31.7 Å². The van der Waals surface area contributed by atoms with Crippen molar-refractivity contribution in [3.05, 3.63) is 53.7 Å². The summed E-state index contributed by atoms with van der Waals surface area (Å²) in [6.45, 7) is 1.60. The molecule has 1 aliphatic carbocycles. The first-order chi connectivity index (χ1) is 12.2. The average Bonchev–Trinajstić information content (AvgIpc) is 3.04. The minimum Gasteiger partial charge on any atom is -0.355 e. The first-order valence-electron chi connectivity index (χ1n) is 8.80. The van der Waals surface area contributed by atoms with Gasteiger partial charge < -0.3 is 10.2 Å². The standard InChI is InChI=1S/C19H21FN4O/c20-15-3-1-13-2-4-17(16(13)11-15)23-19(25)14-5-9-24(10-6-14)18-12-21-7-8-22-18/h1,3,7-8,11-12,14,17H,2,4-6,9-10H2,(H,23,25)/t17-/m0/s1. The van der Waals surface area contributed by atoms with E-state index in [2.05, 4.69) is 20.2 Å². The number of anilines is 1. The Bertz CT molecular complexity index is 759. The predicted molar refractivity (Wildman–Crippen MR) is 92.6 cm³/mol. The molecule has 4 rings (SSSR count). The lowest BCUT2D eigenvalue weighted by Gasteiger charge is -2.32. The molecule has 1 saturated heterocycles. The van der Waals surface area contributed by atoms with Crippen molar-refractivity contribution in [1.29, 1.82) is 0 Å². The summed E-state index contributed by atoms with van der Waals surface area (Å²) >= 11 is 0. The third-order valence-corrected chi connectivity index (χ3v) is 5.24. The monoisotopic (exact) mass is 340 g/mol. The molecule has 0 saturated carbocycles. The molecule has 5 nitrogen and oxygen atoms in total. The van der Waals surface area contributed by atoms with Crippen LogP contribution in [0.25, 0.3) is 0 Å². The van der Waals surface area contributed by atoms with Crippen molar-refractivity contribution in [2.75, 3.05) is 18.0 Å². The molecule has 1 aromatic heterocycles. The minimum absolute atomic E-state index is 0.00512. The van der Waals surface area contributed by atoms with Gasteiger partial charge >= 0.3 is 0 Å². The number of piperidine rings is 1. The first-order valence-corrected chi connectivity index (χ1v) is 8.80. The van der Waals surface area contributed by atoms with E-state index in [4.69, 9.17) is 0 Å². The summed E-state index contributed by atoms with van der Waals surface area (Å²) in [5, 5.41) is 3.13. The second kappa shape index (κ2) is 6.78. The molecule has 0 unspecified atom stereocenters. The number of aryl methyl sites for hydroxylation is 1. The Labute approximate surface area is 146 Å². The van der Waals surface area contributed by atoms with Gasteiger partial charge in [-0.25, -0.2) is 9.37 Å². The highest BCUT2D eigenvalue weighted by atomic mass is 19.1. The van der Waals surface area contributed by atoms with Crippen LogP contribution < -0.4 is 10.2 Å². The van der Waals surface area contributed by atoms with Crippen molar-refractivity contribution in [2.24, 2.45) is 5.92 Å². The van der Waals surface area contributed by atoms with Crippen molar-refractivity contribution in [3.8, 4) is 0 Å². The summed E-state index contributed by atoms with van der Waals surface area (Å²) in [5.74, 6) is 0.713. The Morgan fingerprint density at radius 1 is 1.20 bits per heavy atom. The number of hydrogen-bond acceptors (Lipinski definition) is 4. The van der Waals surface area contributed by atoms with Crippen LogP contribution in [0, 0.1) is 11.7 Å². The molecule has 1 aliphatic heterocycles. The first kappa shape index (κ1) is 16.0. The molecule has 1 amide bonds. The van der Waals surface area contributed by atoms with Crippen LogP contribution in [-0.2, 0) is 11.2 Å². The van der Waals surface area contributed by atoms with Crippen molar-refractivity contribution in [1.82, 2.24) is 15.3 Å². The molecule has 1 fully saturated rings. The van der Waals surface area contributed by atoms with Gasteiger partial charge in [-0.1, -0.05) is 6.07 Å². The van der Waals surface area contributed by atoms with Gasteiger partial charge in [-0.05, 0) is 48.9 Å². The number of fused-ring (bicyclic) bond motifs is 1. The molecule has 0 bridgehead atoms. The van der Waals surface area contributed by atoms with E-state index in [1.165, 1.54) is 6.07 Å². The summed E-state index contributed by atoms with van der Waals surface area (Å²) in [6.07, 6.45) is 8.44. The molecule has 2 aliphatic rings. The lowest BCUT2D eigenvalue weighted by Crippen LogP contribution is -2.41. The summed E-state index contributed by atoms with van der Waals surface area (Å²) in [5.41, 5.74) is 2.08. The van der Waals surface area contributed by atoms with E-state index in [-0.39, 0.29) is 23.7 Å². The maximum absolute atomic E-state index is 13.5. The van der Waals surface area contributed by atoms with Gasteiger partial charge in [0.25, 0.3) is 0 Å². The van der Waals surface area contributed by atoms with E-state index in [0.717, 1.165) is 55.7 Å². The number of hydrogen-bond donors (Lipinski definition) is 1. The Balaban J connectivity index is 1.35. The number of carbonyl (C=O) groups is 1. The van der Waals surface area contributed by atoms with E-state index in [1.54, 1.807) is 24.7 Å². The largest absolute Gasteiger partial charge is 0.355 e. The second-order valence-electron chi connectivity index (χ2n) is 6.77. The van der Waals surface area contributed by atoms with Gasteiger partial charge in [0.05, 0.1) is 12.2 Å². The molecule has 2 aromatic rings. The van der Waals surface area contributed by atoms with Crippen molar-refractivity contribution in [3.63, 3.8) is 0 Å². The molecule has 25 heavy (non-hydrogen) atoms. The molecule has 1 atom stereocenters. The smallest absolute Gasteiger partial charge is 0.223 e. The fraction of sp³-hybridized carbons (Fsp3) is 0.421. The maximum Gasteiger partial charge on any atom is 0.223 e. The number of benzene rings is 1. The lowest BCUT2D eigenvalue weighted by atomic mass is 9.95. The number of nitrogens with one attached hydrogen (secondary N) is 1. The molecule has 1 N–H and O–H groups in total. The van der Waals surface area contributed by atoms with E-state index in [0.29, 0.717) is 0 Å². The highest BCUT2D eigenvalue weighted by Crippen LogP contribution is 2.32. The number of halogens is 1. The Kier molecular flexibility index (Phi) is 4.34. The Morgan fingerprint density at radius 2 is 2.04 bits per heavy atom. The Morgan fingerprint density at radius 3 is 2.80 bits per heavy atom. The van der Waals surface area contributed by atoms with Gasteiger partial charge in [0.1, 0.15) is 11.6 Å². The minimum atomic E-state index is -0.239. The van der Waals surface area contributed by atoms with Gasteiger partial charge in [0.2, 0.25) is 5.91 Å². The van der Waals surface area contributed by atoms with Crippen LogP contribution >= 0.6 is 0 Å². The van der Waals surface area contributed by atoms with E-state index >= 15 is 0 Å². The average molecular weight is 340 g/mol. The van der Waals surface area contributed by atoms with Crippen LogP contribution in [0.2, 0.25) is 0 Å². The van der Waals surface area contributed by atoms with Crippen LogP contribution in [0.4, 0.5) is 10.2 Å². The zero-order chi connectivity index (χ0) is 17.2. The third kappa shape index (κ3) is 3.34. The Hall–Kier alpha value is -2.50. The van der Waals surface area contributed by atoms with Gasteiger partial charge in [-0.15, -0.1) is 0 Å². The fourth-order valence-electron chi connectivity index (χ4n) is 3.84. The van der Waals surface area contributed by atoms with E-state index in [9.17, 15) is 9.18 Å². The molecule has 130 valence electrons. The molecule has 1 aromatic carbocycles. The van der Waals surface area contributed by atoms with Crippen LogP contribution in [0.15, 0.2) is 36.8 Å². The van der Waals surface area contributed by atoms with Crippen molar-refractivity contribution < 1.29 is 9.18 Å². The molecule has 2 heterocycles. The quantitative estimate of drug-likeness (QED) is 0.933.